The van der Waals surface area contributed by atoms with Crippen molar-refractivity contribution >= 4 is 28.5 Å². The van der Waals surface area contributed by atoms with Gasteiger partial charge in [0.15, 0.2) is 5.78 Å². The summed E-state index contributed by atoms with van der Waals surface area (Å²) in [6.07, 6.45) is 0. The Morgan fingerprint density at radius 1 is 0.710 bits per heavy atom. The van der Waals surface area contributed by atoms with E-state index in [2.05, 4.69) is 0 Å². The van der Waals surface area contributed by atoms with Crippen LogP contribution in [0.3, 0.4) is 0 Å². The zero-order chi connectivity index (χ0) is 22.0. The average Bonchev–Trinajstić information content (AvgIpc) is 3.07. The Morgan fingerprint density at radius 3 is 1.81 bits per heavy atom. The lowest BCUT2D eigenvalue weighted by molar-refractivity contribution is -0.138. The highest BCUT2D eigenvalue weighted by Crippen LogP contribution is 2.46. The summed E-state index contributed by atoms with van der Waals surface area (Å²) >= 11 is 0. The molecular weight excluding hydrogens is 384 g/mol. The molecule has 0 saturated heterocycles. The molecule has 0 fully saturated rings. The van der Waals surface area contributed by atoms with Crippen LogP contribution in [0.5, 0.6) is 0 Å². The van der Waals surface area contributed by atoms with Gasteiger partial charge in [-0.15, -0.1) is 0 Å². The Balaban J connectivity index is 2.07. The van der Waals surface area contributed by atoms with Crippen LogP contribution < -0.4 is 0 Å². The summed E-state index contributed by atoms with van der Waals surface area (Å²) in [5.41, 5.74) is 6.35. The van der Waals surface area contributed by atoms with Crippen LogP contribution in [0.4, 0.5) is 0 Å². The Kier molecular flexibility index (Phi) is 5.68. The zero-order valence-corrected chi connectivity index (χ0v) is 17.9. The summed E-state index contributed by atoms with van der Waals surface area (Å²) in [7, 11) is 0. The summed E-state index contributed by atoms with van der Waals surface area (Å²) in [4.78, 5) is 27.1. The highest BCUT2D eigenvalue weighted by molar-refractivity contribution is 6.55. The normalized spacial score (nSPS) is 13.7. The molecule has 0 aromatic heterocycles. The molecule has 0 unspecified atom stereocenters. The highest BCUT2D eigenvalue weighted by Gasteiger charge is 2.38. The third kappa shape index (κ3) is 3.87. The van der Waals surface area contributed by atoms with E-state index in [1.165, 1.54) is 0 Å². The number of ether oxygens (including phenoxy) is 1. The minimum atomic E-state index is -0.478. The van der Waals surface area contributed by atoms with Gasteiger partial charge in [0.25, 0.3) is 0 Å². The molecule has 0 amide bonds. The minimum Gasteiger partial charge on any atom is -0.462 e. The first-order chi connectivity index (χ1) is 15.0. The molecule has 3 aromatic rings. The van der Waals surface area contributed by atoms with Gasteiger partial charge in [-0.05, 0) is 37.5 Å². The second-order valence-corrected chi connectivity index (χ2v) is 7.65. The largest absolute Gasteiger partial charge is 0.462 e. The van der Waals surface area contributed by atoms with E-state index in [9.17, 15) is 9.59 Å². The van der Waals surface area contributed by atoms with Crippen LogP contribution >= 0.6 is 0 Å². The van der Waals surface area contributed by atoms with Gasteiger partial charge in [-0.1, -0.05) is 90.0 Å². The molecule has 154 valence electrons. The molecule has 4 rings (SSSR count). The van der Waals surface area contributed by atoms with E-state index in [4.69, 9.17) is 4.74 Å². The maximum atomic E-state index is 13.9. The van der Waals surface area contributed by atoms with Gasteiger partial charge in [0.2, 0.25) is 0 Å². The average molecular weight is 408 g/mol. The molecule has 0 aliphatic heterocycles. The molecule has 1 aliphatic carbocycles. The predicted molar refractivity (Wildman–Crippen MR) is 124 cm³/mol. The molecule has 3 nitrogen and oxygen atoms in total. The van der Waals surface area contributed by atoms with Crippen molar-refractivity contribution in [1.29, 1.82) is 0 Å². The Morgan fingerprint density at radius 2 is 1.26 bits per heavy atom. The van der Waals surface area contributed by atoms with Crippen LogP contribution in [0.2, 0.25) is 0 Å². The first-order valence-corrected chi connectivity index (χ1v) is 10.4. The van der Waals surface area contributed by atoms with E-state index < -0.39 is 5.97 Å². The fraction of sp³-hybridized carbons (Fsp3) is 0.143. The summed E-state index contributed by atoms with van der Waals surface area (Å²) in [6.45, 7) is 6.00. The number of Topliss-reactive ketones (excluding diaryl/α,β-unsaturated/α-hetero) is 1. The van der Waals surface area contributed by atoms with E-state index in [-0.39, 0.29) is 12.4 Å². The number of benzene rings is 3. The summed E-state index contributed by atoms with van der Waals surface area (Å²) < 4.78 is 5.43. The standard InChI is InChI=1S/C28H24O3/c1-4-31-28(30)26-23(21-14-8-10-18(2)16-21)25(22-15-9-11-19(3)17-22)27(29)24(26)20-12-6-5-7-13-20/h5-17H,4H2,1-3H3. The molecule has 3 aromatic carbocycles. The van der Waals surface area contributed by atoms with Gasteiger partial charge in [-0.25, -0.2) is 4.79 Å². The Labute approximate surface area is 182 Å². The number of hydrogen-bond acceptors (Lipinski definition) is 3. The number of allylic oxidation sites excluding steroid dienone is 2. The lowest BCUT2D eigenvalue weighted by Crippen LogP contribution is -2.10. The van der Waals surface area contributed by atoms with Crippen molar-refractivity contribution in [3.05, 3.63) is 112 Å². The molecule has 0 spiro atoms. The van der Waals surface area contributed by atoms with Crippen molar-refractivity contribution in [2.24, 2.45) is 0 Å². The summed E-state index contributed by atoms with van der Waals surface area (Å²) in [5, 5.41) is 0. The van der Waals surface area contributed by atoms with E-state index in [0.29, 0.717) is 27.9 Å². The van der Waals surface area contributed by atoms with E-state index in [1.807, 2.05) is 92.7 Å². The SMILES string of the molecule is CCOC(=O)C1=C(c2ccccc2)C(=O)C(c2cccc(C)c2)=C1c1cccc(C)c1. The van der Waals surface area contributed by atoms with Crippen molar-refractivity contribution in [3.8, 4) is 0 Å². The smallest absolute Gasteiger partial charge is 0.339 e. The maximum absolute atomic E-state index is 13.9. The number of esters is 1. The second kappa shape index (κ2) is 8.57. The van der Waals surface area contributed by atoms with Gasteiger partial charge >= 0.3 is 5.97 Å². The third-order valence-corrected chi connectivity index (χ3v) is 5.36. The van der Waals surface area contributed by atoms with Crippen molar-refractivity contribution in [3.63, 3.8) is 0 Å². The minimum absolute atomic E-state index is 0.156. The molecular formula is C28H24O3. The van der Waals surface area contributed by atoms with Gasteiger partial charge in [0, 0.05) is 16.7 Å². The van der Waals surface area contributed by atoms with Gasteiger partial charge < -0.3 is 4.74 Å². The third-order valence-electron chi connectivity index (χ3n) is 5.36. The fourth-order valence-electron chi connectivity index (χ4n) is 4.05. The second-order valence-electron chi connectivity index (χ2n) is 7.65. The number of carbonyl (C=O) groups is 2. The molecule has 0 radical (unpaired) electrons. The number of aryl methyl sites for hydroxylation is 2. The topological polar surface area (TPSA) is 43.4 Å². The fourth-order valence-corrected chi connectivity index (χ4v) is 4.05. The van der Waals surface area contributed by atoms with Crippen LogP contribution in [-0.4, -0.2) is 18.4 Å². The van der Waals surface area contributed by atoms with Gasteiger partial charge in [0.05, 0.1) is 12.2 Å². The first-order valence-electron chi connectivity index (χ1n) is 10.4. The monoisotopic (exact) mass is 408 g/mol. The number of ketones is 1. The van der Waals surface area contributed by atoms with Crippen LogP contribution in [0.1, 0.15) is 34.7 Å². The molecule has 1 aliphatic rings. The maximum Gasteiger partial charge on any atom is 0.339 e. The lowest BCUT2D eigenvalue weighted by atomic mass is 9.92. The van der Waals surface area contributed by atoms with Gasteiger partial charge in [0.1, 0.15) is 0 Å². The van der Waals surface area contributed by atoms with E-state index in [0.717, 1.165) is 22.3 Å². The first kappa shape index (κ1) is 20.5. The Hall–Kier alpha value is -3.72. The van der Waals surface area contributed by atoms with Crippen LogP contribution in [0.25, 0.3) is 16.7 Å². The van der Waals surface area contributed by atoms with Gasteiger partial charge in [-0.3, -0.25) is 4.79 Å². The van der Waals surface area contributed by atoms with E-state index >= 15 is 0 Å². The van der Waals surface area contributed by atoms with Crippen molar-refractivity contribution in [2.45, 2.75) is 20.8 Å². The quantitative estimate of drug-likeness (QED) is 0.500. The molecule has 31 heavy (non-hydrogen) atoms. The molecule has 0 heterocycles. The lowest BCUT2D eigenvalue weighted by Gasteiger charge is -2.13. The molecule has 0 bridgehead atoms. The van der Waals surface area contributed by atoms with Crippen LogP contribution in [0, 0.1) is 13.8 Å². The van der Waals surface area contributed by atoms with Crippen molar-refractivity contribution in [1.82, 2.24) is 0 Å². The summed E-state index contributed by atoms with van der Waals surface area (Å²) in [5.74, 6) is -0.634. The Bertz CT molecular complexity index is 1230. The summed E-state index contributed by atoms with van der Waals surface area (Å²) in [6, 6.07) is 25.1. The number of hydrogen-bond donors (Lipinski definition) is 0. The number of carbonyl (C=O) groups excluding carboxylic acids is 2. The highest BCUT2D eigenvalue weighted by atomic mass is 16.5. The van der Waals surface area contributed by atoms with E-state index in [1.54, 1.807) is 6.92 Å². The predicted octanol–water partition coefficient (Wildman–Crippen LogP) is 5.81. The van der Waals surface area contributed by atoms with Gasteiger partial charge in [-0.2, -0.15) is 0 Å². The van der Waals surface area contributed by atoms with Crippen molar-refractivity contribution < 1.29 is 14.3 Å². The number of rotatable bonds is 5. The molecule has 3 heteroatoms. The van der Waals surface area contributed by atoms with Crippen LogP contribution in [-0.2, 0) is 14.3 Å². The zero-order valence-electron chi connectivity index (χ0n) is 17.9. The molecule has 0 saturated carbocycles. The van der Waals surface area contributed by atoms with Crippen LogP contribution in [0.15, 0.2) is 84.4 Å². The molecule has 0 N–H and O–H groups in total. The molecule has 0 atom stereocenters. The van der Waals surface area contributed by atoms with Crippen molar-refractivity contribution in [2.75, 3.05) is 6.61 Å².